The molecule has 4 aliphatic heterocycles. The fourth-order valence-electron chi connectivity index (χ4n) is 5.40. The minimum Gasteiger partial charge on any atom is -0.378 e. The number of carbonyl (C=O) groups excluding carboxylic acids is 2. The van der Waals surface area contributed by atoms with Crippen LogP contribution in [0.15, 0.2) is 48.5 Å². The van der Waals surface area contributed by atoms with Gasteiger partial charge in [-0.05, 0) is 55.5 Å². The number of fused-ring (bicyclic) bond motifs is 4. The summed E-state index contributed by atoms with van der Waals surface area (Å²) >= 11 is 0. The smallest absolute Gasteiger partial charge is 0.318 e. The van der Waals surface area contributed by atoms with E-state index in [2.05, 4.69) is 48.3 Å². The van der Waals surface area contributed by atoms with Crippen molar-refractivity contribution in [1.29, 1.82) is 0 Å². The first-order valence-electron chi connectivity index (χ1n) is 12.8. The molecule has 4 aliphatic rings. The predicted octanol–water partition coefficient (Wildman–Crippen LogP) is 3.55. The maximum atomic E-state index is 13.2. The Morgan fingerprint density at radius 2 is 1.43 bits per heavy atom. The molecule has 35 heavy (non-hydrogen) atoms. The molecule has 0 aliphatic carbocycles. The van der Waals surface area contributed by atoms with E-state index in [0.29, 0.717) is 37.9 Å². The zero-order valence-corrected chi connectivity index (χ0v) is 20.8. The van der Waals surface area contributed by atoms with Crippen molar-refractivity contribution in [2.45, 2.75) is 38.3 Å². The number of piperidine rings is 1. The van der Waals surface area contributed by atoms with Gasteiger partial charge in [0, 0.05) is 50.9 Å². The Bertz CT molecular complexity index is 1040. The van der Waals surface area contributed by atoms with Gasteiger partial charge in [-0.15, -0.1) is 0 Å². The molecule has 0 saturated carbocycles. The molecular weight excluding hydrogens is 440 g/mol. The van der Waals surface area contributed by atoms with Gasteiger partial charge in [0.15, 0.2) is 0 Å². The number of rotatable bonds is 4. The molecule has 2 aromatic rings. The van der Waals surface area contributed by atoms with Crippen LogP contribution in [0.5, 0.6) is 0 Å². The first kappa shape index (κ1) is 23.8. The van der Waals surface area contributed by atoms with Crippen molar-refractivity contribution in [3.63, 3.8) is 0 Å². The number of amides is 3. The first-order valence-corrected chi connectivity index (χ1v) is 12.8. The molecule has 1 N–H and O–H groups in total. The van der Waals surface area contributed by atoms with E-state index in [-0.39, 0.29) is 11.9 Å². The van der Waals surface area contributed by atoms with Crippen molar-refractivity contribution in [1.82, 2.24) is 20.0 Å². The van der Waals surface area contributed by atoms with Gasteiger partial charge in [0.25, 0.3) is 5.91 Å². The van der Waals surface area contributed by atoms with E-state index in [1.165, 1.54) is 0 Å². The molecule has 0 unspecified atom stereocenters. The number of urea groups is 1. The zero-order chi connectivity index (χ0) is 24.4. The molecular formula is C28H36N4O3. The summed E-state index contributed by atoms with van der Waals surface area (Å²) in [6.07, 6.45) is 2.14. The Labute approximate surface area is 208 Å². The van der Waals surface area contributed by atoms with Gasteiger partial charge in [0.05, 0.1) is 18.8 Å². The van der Waals surface area contributed by atoms with Crippen molar-refractivity contribution in [2.75, 3.05) is 52.5 Å². The van der Waals surface area contributed by atoms with Crippen LogP contribution in [0.2, 0.25) is 0 Å². The largest absolute Gasteiger partial charge is 0.378 e. The maximum absolute atomic E-state index is 13.2. The lowest BCUT2D eigenvalue weighted by molar-refractivity contribution is 0.0303. The second-order valence-corrected chi connectivity index (χ2v) is 10.4. The molecule has 4 fully saturated rings. The van der Waals surface area contributed by atoms with Crippen molar-refractivity contribution in [2.24, 2.45) is 0 Å². The predicted molar refractivity (Wildman–Crippen MR) is 136 cm³/mol. The van der Waals surface area contributed by atoms with E-state index in [1.807, 2.05) is 34.1 Å². The lowest BCUT2D eigenvalue weighted by Gasteiger charge is -2.35. The number of morpholine rings is 1. The number of nitrogens with zero attached hydrogens (tertiary/aromatic N) is 3. The summed E-state index contributed by atoms with van der Waals surface area (Å²) in [5, 5.41) is 3.28. The number of hydrogen-bond donors (Lipinski definition) is 1. The third-order valence-electron chi connectivity index (χ3n) is 7.71. The average molecular weight is 477 g/mol. The van der Waals surface area contributed by atoms with Crippen molar-refractivity contribution in [3.05, 3.63) is 59.7 Å². The molecule has 6 rings (SSSR count). The van der Waals surface area contributed by atoms with Crippen LogP contribution in [-0.2, 0) is 10.3 Å². The van der Waals surface area contributed by atoms with Crippen LogP contribution < -0.4 is 5.32 Å². The van der Waals surface area contributed by atoms with Gasteiger partial charge in [0.1, 0.15) is 0 Å². The highest BCUT2D eigenvalue weighted by Gasteiger charge is 2.34. The van der Waals surface area contributed by atoms with Gasteiger partial charge in [-0.3, -0.25) is 4.79 Å². The molecule has 3 amide bonds. The SMILES string of the molecule is CC(C)(NC(=O)N1CCN2CCC1CC2)c1ccc(-c2ccc(C(=O)N3CCOCC3)cc2)cc1. The quantitative estimate of drug-likeness (QED) is 0.733. The van der Waals surface area contributed by atoms with Crippen molar-refractivity contribution in [3.8, 4) is 11.1 Å². The Kier molecular flexibility index (Phi) is 6.80. The summed E-state index contributed by atoms with van der Waals surface area (Å²) in [6.45, 7) is 10.6. The summed E-state index contributed by atoms with van der Waals surface area (Å²) in [5.74, 6) is 0.0578. The zero-order valence-electron chi connectivity index (χ0n) is 20.8. The van der Waals surface area contributed by atoms with Gasteiger partial charge in [0.2, 0.25) is 0 Å². The number of hydrogen-bond acceptors (Lipinski definition) is 4. The average Bonchev–Trinajstić information content (AvgIpc) is 3.23. The van der Waals surface area contributed by atoms with Crippen LogP contribution >= 0.6 is 0 Å². The van der Waals surface area contributed by atoms with Crippen LogP contribution in [0.25, 0.3) is 11.1 Å². The van der Waals surface area contributed by atoms with Gasteiger partial charge in [-0.1, -0.05) is 36.4 Å². The normalized spacial score (nSPS) is 22.6. The molecule has 0 aromatic heterocycles. The van der Waals surface area contributed by atoms with Gasteiger partial charge >= 0.3 is 6.03 Å². The highest BCUT2D eigenvalue weighted by Crippen LogP contribution is 2.27. The van der Waals surface area contributed by atoms with E-state index >= 15 is 0 Å². The standard InChI is InChI=1S/C28H36N4O3/c1-28(2,29-27(34)32-16-15-30-13-11-25(32)12-14-30)24-9-7-22(8-10-24)21-3-5-23(6-4-21)26(33)31-17-19-35-20-18-31/h3-10,25H,11-20H2,1-2H3,(H,29,34). The summed E-state index contributed by atoms with van der Waals surface area (Å²) in [6, 6.07) is 16.5. The van der Waals surface area contributed by atoms with E-state index in [4.69, 9.17) is 4.74 Å². The maximum Gasteiger partial charge on any atom is 0.318 e. The highest BCUT2D eigenvalue weighted by atomic mass is 16.5. The van der Waals surface area contributed by atoms with Gasteiger partial charge < -0.3 is 24.8 Å². The van der Waals surface area contributed by atoms with Gasteiger partial charge in [-0.2, -0.15) is 0 Å². The fraction of sp³-hybridized carbons (Fsp3) is 0.500. The summed E-state index contributed by atoms with van der Waals surface area (Å²) in [5.41, 5.74) is 3.44. The van der Waals surface area contributed by atoms with Crippen molar-refractivity contribution < 1.29 is 14.3 Å². The monoisotopic (exact) mass is 476 g/mol. The first-order chi connectivity index (χ1) is 16.9. The third-order valence-corrected chi connectivity index (χ3v) is 7.71. The minimum atomic E-state index is -0.478. The van der Waals surface area contributed by atoms with Crippen LogP contribution in [0.1, 0.15) is 42.6 Å². The fourth-order valence-corrected chi connectivity index (χ4v) is 5.40. The lowest BCUT2D eigenvalue weighted by atomic mass is 9.92. The summed E-state index contributed by atoms with van der Waals surface area (Å²) < 4.78 is 5.34. The summed E-state index contributed by atoms with van der Waals surface area (Å²) in [7, 11) is 0. The molecule has 4 heterocycles. The molecule has 2 aromatic carbocycles. The number of benzene rings is 2. The van der Waals surface area contributed by atoms with Crippen LogP contribution in [-0.4, -0.2) is 85.2 Å². The lowest BCUT2D eigenvalue weighted by Crippen LogP contribution is -2.52. The van der Waals surface area contributed by atoms with Crippen molar-refractivity contribution >= 4 is 11.9 Å². The Balaban J connectivity index is 1.24. The van der Waals surface area contributed by atoms with Gasteiger partial charge in [-0.25, -0.2) is 4.79 Å². The Morgan fingerprint density at radius 3 is 2.06 bits per heavy atom. The van der Waals surface area contributed by atoms with Crippen LogP contribution in [0.3, 0.4) is 0 Å². The highest BCUT2D eigenvalue weighted by molar-refractivity contribution is 5.94. The molecule has 0 atom stereocenters. The number of carbonyl (C=O) groups is 2. The molecule has 0 spiro atoms. The second-order valence-electron chi connectivity index (χ2n) is 10.4. The minimum absolute atomic E-state index is 0.0355. The molecule has 4 saturated heterocycles. The molecule has 0 radical (unpaired) electrons. The number of nitrogens with one attached hydrogen (secondary N) is 1. The van der Waals surface area contributed by atoms with Crippen LogP contribution in [0.4, 0.5) is 4.79 Å². The van der Waals surface area contributed by atoms with Crippen LogP contribution in [0, 0.1) is 0 Å². The molecule has 7 nitrogen and oxygen atoms in total. The summed E-state index contributed by atoms with van der Waals surface area (Å²) in [4.78, 5) is 32.2. The van der Waals surface area contributed by atoms with E-state index in [0.717, 1.165) is 55.7 Å². The second kappa shape index (κ2) is 9.99. The van der Waals surface area contributed by atoms with E-state index < -0.39 is 5.54 Å². The Hall–Kier alpha value is -2.90. The molecule has 7 heteroatoms. The topological polar surface area (TPSA) is 65.1 Å². The van der Waals surface area contributed by atoms with E-state index in [1.54, 1.807) is 0 Å². The third kappa shape index (κ3) is 5.21. The number of ether oxygens (including phenoxy) is 1. The molecule has 186 valence electrons. The Morgan fingerprint density at radius 1 is 0.829 bits per heavy atom. The van der Waals surface area contributed by atoms with E-state index in [9.17, 15) is 9.59 Å². The molecule has 2 bridgehead atoms.